The Hall–Kier alpha value is -0.590. The fourth-order valence-electron chi connectivity index (χ4n) is 1.51. The molecule has 0 radical (unpaired) electrons. The summed E-state index contributed by atoms with van der Waals surface area (Å²) in [7, 11) is 0. The lowest BCUT2D eigenvalue weighted by molar-refractivity contribution is -0.122. The molecule has 0 heterocycles. The highest BCUT2D eigenvalue weighted by Gasteiger charge is 2.45. The van der Waals surface area contributed by atoms with Gasteiger partial charge in [0, 0.05) is 5.41 Å². The van der Waals surface area contributed by atoms with E-state index < -0.39 is 0 Å². The van der Waals surface area contributed by atoms with Gasteiger partial charge in [-0.15, -0.1) is 6.58 Å². The number of Topliss-reactive ketones (excluding diaryl/α,β-unsaturated/α-hetero) is 1. The van der Waals surface area contributed by atoms with Crippen LogP contribution in [0.3, 0.4) is 0 Å². The van der Waals surface area contributed by atoms with E-state index in [0.717, 1.165) is 32.1 Å². The number of ketones is 1. The van der Waals surface area contributed by atoms with Crippen LogP contribution in [0.2, 0.25) is 0 Å². The maximum atomic E-state index is 11.1. The van der Waals surface area contributed by atoms with E-state index in [2.05, 4.69) is 6.58 Å². The van der Waals surface area contributed by atoms with Crippen molar-refractivity contribution in [2.75, 3.05) is 0 Å². The Kier molecular flexibility index (Phi) is 2.48. The Morgan fingerprint density at radius 3 is 2.64 bits per heavy atom. The minimum Gasteiger partial charge on any atom is -0.299 e. The predicted octanol–water partition coefficient (Wildman–Crippen LogP) is 2.71. The smallest absolute Gasteiger partial charge is 0.135 e. The normalized spacial score (nSPS) is 19.4. The second kappa shape index (κ2) is 3.21. The molecule has 11 heavy (non-hydrogen) atoms. The first kappa shape index (κ1) is 8.51. The molecule has 1 heteroatoms. The third-order valence-electron chi connectivity index (χ3n) is 2.66. The van der Waals surface area contributed by atoms with Gasteiger partial charge in [-0.2, -0.15) is 0 Å². The van der Waals surface area contributed by atoms with E-state index in [1.807, 2.05) is 6.08 Å². The van der Waals surface area contributed by atoms with E-state index in [-0.39, 0.29) is 5.41 Å². The zero-order valence-electron chi connectivity index (χ0n) is 7.23. The predicted molar refractivity (Wildman–Crippen MR) is 46.4 cm³/mol. The van der Waals surface area contributed by atoms with E-state index in [4.69, 9.17) is 0 Å². The van der Waals surface area contributed by atoms with Crippen molar-refractivity contribution in [1.82, 2.24) is 0 Å². The van der Waals surface area contributed by atoms with Crippen molar-refractivity contribution in [1.29, 1.82) is 0 Å². The molecule has 1 rings (SSSR count). The standard InChI is InChI=1S/C10H16O/c1-3-4-5-6-10(7-8-10)9(2)11/h3H,1,4-8H2,2H3. The Morgan fingerprint density at radius 1 is 1.64 bits per heavy atom. The molecule has 0 aliphatic heterocycles. The number of unbranched alkanes of at least 4 members (excludes halogenated alkanes) is 1. The molecule has 0 saturated heterocycles. The summed E-state index contributed by atoms with van der Waals surface area (Å²) >= 11 is 0. The topological polar surface area (TPSA) is 17.1 Å². The second-order valence-corrected chi connectivity index (χ2v) is 3.52. The average Bonchev–Trinajstić information content (AvgIpc) is 2.70. The van der Waals surface area contributed by atoms with E-state index in [0.29, 0.717) is 5.78 Å². The van der Waals surface area contributed by atoms with E-state index in [1.54, 1.807) is 6.92 Å². The highest BCUT2D eigenvalue weighted by molar-refractivity contribution is 5.84. The zero-order chi connectivity index (χ0) is 8.32. The number of hydrogen-bond acceptors (Lipinski definition) is 1. The van der Waals surface area contributed by atoms with Gasteiger partial charge in [-0.1, -0.05) is 6.08 Å². The van der Waals surface area contributed by atoms with Crippen LogP contribution in [0.1, 0.15) is 39.0 Å². The fourth-order valence-corrected chi connectivity index (χ4v) is 1.51. The quantitative estimate of drug-likeness (QED) is 0.437. The first-order chi connectivity index (χ1) is 5.21. The van der Waals surface area contributed by atoms with Crippen LogP contribution in [0.25, 0.3) is 0 Å². The Morgan fingerprint density at radius 2 is 2.27 bits per heavy atom. The van der Waals surface area contributed by atoms with Gasteiger partial charge in [0.05, 0.1) is 0 Å². The van der Waals surface area contributed by atoms with Crippen LogP contribution in [0.4, 0.5) is 0 Å². The molecule has 0 atom stereocenters. The zero-order valence-corrected chi connectivity index (χ0v) is 7.23. The third kappa shape index (κ3) is 1.92. The SMILES string of the molecule is C=CCCCC1(C(C)=O)CC1. The summed E-state index contributed by atoms with van der Waals surface area (Å²) in [5.41, 5.74) is 0.114. The van der Waals surface area contributed by atoms with Crippen molar-refractivity contribution in [3.05, 3.63) is 12.7 Å². The number of hydrogen-bond donors (Lipinski definition) is 0. The maximum Gasteiger partial charge on any atom is 0.135 e. The molecule has 62 valence electrons. The summed E-state index contributed by atoms with van der Waals surface area (Å²) < 4.78 is 0. The molecule has 0 bridgehead atoms. The van der Waals surface area contributed by atoms with Gasteiger partial charge in [-0.05, 0) is 39.0 Å². The second-order valence-electron chi connectivity index (χ2n) is 3.52. The molecule has 1 saturated carbocycles. The molecule has 0 amide bonds. The van der Waals surface area contributed by atoms with E-state index >= 15 is 0 Å². The van der Waals surface area contributed by atoms with Crippen molar-refractivity contribution in [2.45, 2.75) is 39.0 Å². The van der Waals surface area contributed by atoms with Gasteiger partial charge in [0.1, 0.15) is 5.78 Å². The summed E-state index contributed by atoms with van der Waals surface area (Å²) in [5.74, 6) is 0.390. The highest BCUT2D eigenvalue weighted by atomic mass is 16.1. The molecule has 1 nitrogen and oxygen atoms in total. The van der Waals surface area contributed by atoms with Crippen LogP contribution in [0.15, 0.2) is 12.7 Å². The van der Waals surface area contributed by atoms with Gasteiger partial charge in [-0.25, -0.2) is 0 Å². The van der Waals surface area contributed by atoms with Gasteiger partial charge in [0.15, 0.2) is 0 Å². The minimum absolute atomic E-state index is 0.114. The van der Waals surface area contributed by atoms with Gasteiger partial charge in [0.2, 0.25) is 0 Å². The summed E-state index contributed by atoms with van der Waals surface area (Å²) in [5, 5.41) is 0. The lowest BCUT2D eigenvalue weighted by Gasteiger charge is -2.08. The number of carbonyl (C=O) groups excluding carboxylic acids is 1. The van der Waals surface area contributed by atoms with Crippen LogP contribution < -0.4 is 0 Å². The summed E-state index contributed by atoms with van der Waals surface area (Å²) in [6.45, 7) is 5.38. The Bertz CT molecular complexity index is 166. The Balaban J connectivity index is 2.25. The molecule has 0 aromatic rings. The summed E-state index contributed by atoms with van der Waals surface area (Å²) in [6.07, 6.45) is 7.43. The molecule has 0 aromatic carbocycles. The lowest BCUT2D eigenvalue weighted by atomic mass is 9.95. The molecule has 0 aromatic heterocycles. The minimum atomic E-state index is 0.114. The van der Waals surface area contributed by atoms with Crippen LogP contribution >= 0.6 is 0 Å². The van der Waals surface area contributed by atoms with E-state index in [9.17, 15) is 4.79 Å². The van der Waals surface area contributed by atoms with Crippen molar-refractivity contribution in [2.24, 2.45) is 5.41 Å². The molecular formula is C10H16O. The maximum absolute atomic E-state index is 11.1. The molecule has 0 N–H and O–H groups in total. The van der Waals surface area contributed by atoms with Crippen LogP contribution in [-0.4, -0.2) is 5.78 Å². The van der Waals surface area contributed by atoms with Crippen molar-refractivity contribution < 1.29 is 4.79 Å². The number of allylic oxidation sites excluding steroid dienone is 1. The third-order valence-corrected chi connectivity index (χ3v) is 2.66. The van der Waals surface area contributed by atoms with Gasteiger partial charge < -0.3 is 0 Å². The van der Waals surface area contributed by atoms with Crippen molar-refractivity contribution in [3.8, 4) is 0 Å². The first-order valence-corrected chi connectivity index (χ1v) is 4.33. The van der Waals surface area contributed by atoms with Crippen LogP contribution in [0.5, 0.6) is 0 Å². The van der Waals surface area contributed by atoms with Gasteiger partial charge in [0.25, 0.3) is 0 Å². The van der Waals surface area contributed by atoms with Crippen molar-refractivity contribution in [3.63, 3.8) is 0 Å². The Labute approximate surface area is 68.5 Å². The highest BCUT2D eigenvalue weighted by Crippen LogP contribution is 2.50. The first-order valence-electron chi connectivity index (χ1n) is 4.33. The molecule has 1 aliphatic carbocycles. The molecule has 0 unspecified atom stereocenters. The molecule has 1 fully saturated rings. The largest absolute Gasteiger partial charge is 0.299 e. The molecule has 1 aliphatic rings. The molecule has 0 spiro atoms. The summed E-state index contributed by atoms with van der Waals surface area (Å²) in [6, 6.07) is 0. The fraction of sp³-hybridized carbons (Fsp3) is 0.700. The number of rotatable bonds is 5. The lowest BCUT2D eigenvalue weighted by Crippen LogP contribution is -2.11. The van der Waals surface area contributed by atoms with Crippen molar-refractivity contribution >= 4 is 5.78 Å². The monoisotopic (exact) mass is 152 g/mol. The van der Waals surface area contributed by atoms with E-state index in [1.165, 1.54) is 0 Å². The van der Waals surface area contributed by atoms with Crippen LogP contribution in [-0.2, 0) is 4.79 Å². The summed E-state index contributed by atoms with van der Waals surface area (Å²) in [4.78, 5) is 11.1. The van der Waals surface area contributed by atoms with Gasteiger partial charge in [-0.3, -0.25) is 4.79 Å². The van der Waals surface area contributed by atoms with Gasteiger partial charge >= 0.3 is 0 Å². The average molecular weight is 152 g/mol. The number of carbonyl (C=O) groups is 1. The molecular weight excluding hydrogens is 136 g/mol. The van der Waals surface area contributed by atoms with Crippen LogP contribution in [0, 0.1) is 5.41 Å².